The molecule has 0 saturated heterocycles. The average Bonchev–Trinajstić information content (AvgIpc) is 3.06. The Kier molecular flexibility index (Phi) is 3.55. The zero-order chi connectivity index (χ0) is 17.2. The number of primary amides is 1. The highest BCUT2D eigenvalue weighted by atomic mass is 16.1. The first-order valence-corrected chi connectivity index (χ1v) is 7.50. The third kappa shape index (κ3) is 2.88. The topological polar surface area (TPSA) is 111 Å². The van der Waals surface area contributed by atoms with Crippen LogP contribution in [0.3, 0.4) is 0 Å². The van der Waals surface area contributed by atoms with Crippen molar-refractivity contribution in [3.63, 3.8) is 0 Å². The number of amides is 1. The van der Waals surface area contributed by atoms with Gasteiger partial charge in [-0.2, -0.15) is 14.8 Å². The largest absolute Gasteiger partial charge is 0.366 e. The van der Waals surface area contributed by atoms with Gasteiger partial charge in [0.05, 0.1) is 17.4 Å². The zero-order valence-corrected chi connectivity index (χ0v) is 13.0. The van der Waals surface area contributed by atoms with Crippen molar-refractivity contribution in [1.82, 2.24) is 24.8 Å². The van der Waals surface area contributed by atoms with Crippen molar-refractivity contribution in [2.24, 2.45) is 5.73 Å². The Bertz CT molecular complexity index is 1060. The predicted octanol–water partition coefficient (Wildman–Crippen LogP) is 2.03. The summed E-state index contributed by atoms with van der Waals surface area (Å²) in [6, 6.07) is 12.4. The first-order chi connectivity index (χ1) is 12.2. The number of anilines is 2. The van der Waals surface area contributed by atoms with E-state index in [4.69, 9.17) is 5.73 Å². The van der Waals surface area contributed by atoms with Gasteiger partial charge in [0, 0.05) is 29.2 Å². The minimum absolute atomic E-state index is 0.438. The van der Waals surface area contributed by atoms with Gasteiger partial charge in [0.15, 0.2) is 0 Å². The van der Waals surface area contributed by atoms with Crippen LogP contribution in [0.5, 0.6) is 0 Å². The van der Waals surface area contributed by atoms with Gasteiger partial charge in [0.2, 0.25) is 11.9 Å². The number of carbonyl (C=O) groups is 1. The molecule has 0 atom stereocenters. The fourth-order valence-corrected chi connectivity index (χ4v) is 2.45. The lowest BCUT2D eigenvalue weighted by atomic mass is 10.2. The average molecular weight is 331 g/mol. The molecule has 1 amide bonds. The Morgan fingerprint density at radius 2 is 1.88 bits per heavy atom. The molecular weight excluding hydrogens is 318 g/mol. The summed E-state index contributed by atoms with van der Waals surface area (Å²) in [5, 5.41) is 11.5. The molecule has 3 aromatic heterocycles. The third-order valence-electron chi connectivity index (χ3n) is 3.66. The summed E-state index contributed by atoms with van der Waals surface area (Å²) in [5.74, 6) is -0.0286. The van der Waals surface area contributed by atoms with Crippen molar-refractivity contribution in [2.75, 3.05) is 5.32 Å². The summed E-state index contributed by atoms with van der Waals surface area (Å²) in [7, 11) is 0. The van der Waals surface area contributed by atoms with Crippen LogP contribution in [0.1, 0.15) is 10.4 Å². The van der Waals surface area contributed by atoms with Crippen LogP contribution in [0.15, 0.2) is 61.1 Å². The van der Waals surface area contributed by atoms with Gasteiger partial charge in [0.1, 0.15) is 0 Å². The summed E-state index contributed by atoms with van der Waals surface area (Å²) in [6.45, 7) is 0. The van der Waals surface area contributed by atoms with E-state index in [0.717, 1.165) is 22.5 Å². The van der Waals surface area contributed by atoms with E-state index < -0.39 is 5.91 Å². The Morgan fingerprint density at radius 1 is 1.04 bits per heavy atom. The highest BCUT2D eigenvalue weighted by Crippen LogP contribution is 2.23. The minimum Gasteiger partial charge on any atom is -0.366 e. The second-order valence-electron chi connectivity index (χ2n) is 5.29. The van der Waals surface area contributed by atoms with Crippen LogP contribution in [-0.2, 0) is 0 Å². The van der Waals surface area contributed by atoms with E-state index in [1.807, 2.05) is 18.2 Å². The molecule has 4 aromatic rings. The molecule has 8 nitrogen and oxygen atoms in total. The lowest BCUT2D eigenvalue weighted by Crippen LogP contribution is -2.10. The van der Waals surface area contributed by atoms with Crippen molar-refractivity contribution in [3.05, 3.63) is 66.6 Å². The van der Waals surface area contributed by atoms with Crippen LogP contribution in [-0.4, -0.2) is 30.7 Å². The summed E-state index contributed by atoms with van der Waals surface area (Å²) < 4.78 is 1.55. The fraction of sp³-hybridized carbons (Fsp3) is 0. The first-order valence-electron chi connectivity index (χ1n) is 7.50. The molecule has 0 fully saturated rings. The Morgan fingerprint density at radius 3 is 2.68 bits per heavy atom. The van der Waals surface area contributed by atoms with Crippen LogP contribution < -0.4 is 11.1 Å². The van der Waals surface area contributed by atoms with Crippen molar-refractivity contribution < 1.29 is 4.79 Å². The number of nitrogens with one attached hydrogen (secondary N) is 1. The van der Waals surface area contributed by atoms with Crippen LogP contribution >= 0.6 is 0 Å². The lowest BCUT2D eigenvalue weighted by Gasteiger charge is -2.06. The van der Waals surface area contributed by atoms with Gasteiger partial charge in [-0.3, -0.25) is 4.79 Å². The van der Waals surface area contributed by atoms with E-state index in [9.17, 15) is 4.79 Å². The predicted molar refractivity (Wildman–Crippen MR) is 92.3 cm³/mol. The Balaban J connectivity index is 1.64. The molecular formula is C17H13N7O. The van der Waals surface area contributed by atoms with Gasteiger partial charge in [-0.05, 0) is 42.5 Å². The number of rotatable bonds is 4. The van der Waals surface area contributed by atoms with Crippen molar-refractivity contribution in [2.45, 2.75) is 0 Å². The van der Waals surface area contributed by atoms with Crippen LogP contribution in [0.25, 0.3) is 16.8 Å². The fourth-order valence-electron chi connectivity index (χ4n) is 2.45. The summed E-state index contributed by atoms with van der Waals surface area (Å²) in [5.41, 5.74) is 8.89. The van der Waals surface area contributed by atoms with Gasteiger partial charge in [-0.1, -0.05) is 0 Å². The van der Waals surface area contributed by atoms with Crippen molar-refractivity contribution in [3.8, 4) is 11.3 Å². The van der Waals surface area contributed by atoms with E-state index in [1.165, 1.54) is 0 Å². The van der Waals surface area contributed by atoms with Crippen LogP contribution in [0.4, 0.5) is 11.6 Å². The third-order valence-corrected chi connectivity index (χ3v) is 3.66. The van der Waals surface area contributed by atoms with E-state index in [0.29, 0.717) is 11.5 Å². The number of aromatic nitrogens is 5. The van der Waals surface area contributed by atoms with Gasteiger partial charge < -0.3 is 11.1 Å². The highest BCUT2D eigenvalue weighted by Gasteiger charge is 2.09. The molecule has 8 heteroatoms. The van der Waals surface area contributed by atoms with Crippen LogP contribution in [0.2, 0.25) is 0 Å². The smallest absolute Gasteiger partial charge is 0.248 e. The maximum absolute atomic E-state index is 11.1. The first kappa shape index (κ1) is 14.8. The molecule has 0 spiro atoms. The molecule has 4 rings (SSSR count). The standard InChI is InChI=1S/C17H13N7O/c18-16(25)11-3-5-12(6-4-11)22-17-19-9-7-14(23-17)13-10-21-24-15(13)2-1-8-20-24/h1-10H,(H2,18,25)(H,19,22,23). The van der Waals surface area contributed by atoms with E-state index in [1.54, 1.807) is 47.5 Å². The van der Waals surface area contributed by atoms with Gasteiger partial charge in [-0.25, -0.2) is 9.97 Å². The number of hydrogen-bond donors (Lipinski definition) is 2. The number of nitrogens with zero attached hydrogens (tertiary/aromatic N) is 5. The molecule has 0 unspecified atom stereocenters. The second kappa shape index (κ2) is 6.00. The SMILES string of the molecule is NC(=O)c1ccc(Nc2nccc(-c3cnn4ncccc34)n2)cc1. The number of benzene rings is 1. The summed E-state index contributed by atoms with van der Waals surface area (Å²) >= 11 is 0. The van der Waals surface area contributed by atoms with Crippen molar-refractivity contribution in [1.29, 1.82) is 0 Å². The molecule has 0 aliphatic carbocycles. The zero-order valence-electron chi connectivity index (χ0n) is 13.0. The van der Waals surface area contributed by atoms with E-state index in [-0.39, 0.29) is 0 Å². The van der Waals surface area contributed by atoms with E-state index in [2.05, 4.69) is 25.5 Å². The molecule has 3 N–H and O–H groups in total. The Labute approximate surface area is 142 Å². The highest BCUT2D eigenvalue weighted by molar-refractivity contribution is 5.93. The quantitative estimate of drug-likeness (QED) is 0.592. The molecule has 3 heterocycles. The van der Waals surface area contributed by atoms with E-state index >= 15 is 0 Å². The second-order valence-corrected chi connectivity index (χ2v) is 5.29. The molecule has 0 aliphatic heterocycles. The maximum Gasteiger partial charge on any atom is 0.248 e. The normalized spacial score (nSPS) is 10.7. The van der Waals surface area contributed by atoms with Crippen LogP contribution in [0, 0.1) is 0 Å². The van der Waals surface area contributed by atoms with Gasteiger partial charge >= 0.3 is 0 Å². The number of fused-ring (bicyclic) bond motifs is 1. The molecule has 122 valence electrons. The lowest BCUT2D eigenvalue weighted by molar-refractivity contribution is 0.100. The Hall–Kier alpha value is -3.81. The molecule has 0 saturated carbocycles. The summed E-state index contributed by atoms with van der Waals surface area (Å²) in [4.78, 5) is 19.9. The minimum atomic E-state index is -0.466. The van der Waals surface area contributed by atoms with Crippen molar-refractivity contribution >= 4 is 23.1 Å². The monoisotopic (exact) mass is 331 g/mol. The van der Waals surface area contributed by atoms with Gasteiger partial charge in [-0.15, -0.1) is 0 Å². The summed E-state index contributed by atoms with van der Waals surface area (Å²) in [6.07, 6.45) is 5.06. The number of hydrogen-bond acceptors (Lipinski definition) is 6. The molecule has 0 aliphatic rings. The van der Waals surface area contributed by atoms with Gasteiger partial charge in [0.25, 0.3) is 0 Å². The number of nitrogens with two attached hydrogens (primary N) is 1. The number of carbonyl (C=O) groups excluding carboxylic acids is 1. The maximum atomic E-state index is 11.1. The molecule has 1 aromatic carbocycles. The molecule has 25 heavy (non-hydrogen) atoms. The molecule has 0 radical (unpaired) electrons. The molecule has 0 bridgehead atoms.